The average molecular weight is 183 g/mol. The highest BCUT2D eigenvalue weighted by molar-refractivity contribution is 6.35. The molecule has 0 bridgehead atoms. The lowest BCUT2D eigenvalue weighted by Gasteiger charge is -2.03. The molecule has 0 aliphatic rings. The van der Waals surface area contributed by atoms with E-state index in [-0.39, 0.29) is 6.42 Å². The van der Waals surface area contributed by atoms with Crippen molar-refractivity contribution in [1.29, 1.82) is 0 Å². The number of hydrogen-bond acceptors (Lipinski definition) is 3. The minimum Gasteiger partial charge on any atom is -0.452 e. The summed E-state index contributed by atoms with van der Waals surface area (Å²) in [7, 11) is 0. The van der Waals surface area contributed by atoms with Gasteiger partial charge in [0.05, 0.1) is 0 Å². The van der Waals surface area contributed by atoms with E-state index in [0.29, 0.717) is 0 Å². The quantitative estimate of drug-likeness (QED) is 0.488. The number of esters is 1. The Labute approximate surface area is 66.5 Å². The predicted octanol–water partition coefficient (Wildman–Crippen LogP) is 1.23. The monoisotopic (exact) mass is 183 g/mol. The molecule has 0 saturated carbocycles. The Hall–Kier alpha value is -1.07. The fraction of sp³-hybridized carbons (Fsp3) is 0.500. The van der Waals surface area contributed by atoms with Crippen LogP contribution in [0, 0.1) is 6.61 Å². The van der Waals surface area contributed by atoms with Gasteiger partial charge in [0.1, 0.15) is 6.61 Å². The van der Waals surface area contributed by atoms with Crippen molar-refractivity contribution in [2.75, 3.05) is 0 Å². The third-order valence-electron chi connectivity index (χ3n) is 0.800. The van der Waals surface area contributed by atoms with Gasteiger partial charge in [-0.1, -0.05) is 6.92 Å². The van der Waals surface area contributed by atoms with Gasteiger partial charge in [-0.25, -0.2) is 4.79 Å². The summed E-state index contributed by atoms with van der Waals surface area (Å²) in [4.78, 5) is 20.3. The molecule has 0 aliphatic carbocycles. The summed E-state index contributed by atoms with van der Waals surface area (Å²) >= 11 is 0. The lowest BCUT2D eigenvalue weighted by molar-refractivity contribution is -0.182. The highest BCUT2D eigenvalue weighted by Gasteiger charge is 2.44. The smallest absolute Gasteiger partial charge is 0.452 e. The maximum Gasteiger partial charge on any atom is 0.461 e. The third kappa shape index (κ3) is 3.36. The number of rotatable bonds is 3. The van der Waals surface area contributed by atoms with Crippen molar-refractivity contribution in [3.63, 3.8) is 0 Å². The van der Waals surface area contributed by atoms with Gasteiger partial charge >= 0.3 is 17.9 Å². The molecule has 0 aromatic heterocycles. The third-order valence-corrected chi connectivity index (χ3v) is 0.800. The number of Topliss-reactive ketones (excluding diaryl/α,β-unsaturated/α-hetero) is 1. The van der Waals surface area contributed by atoms with Crippen LogP contribution in [0.4, 0.5) is 13.2 Å². The second kappa shape index (κ2) is 4.08. The van der Waals surface area contributed by atoms with Crippen LogP contribution in [0.3, 0.4) is 0 Å². The average Bonchev–Trinajstić information content (AvgIpc) is 1.97. The molecule has 0 fully saturated rings. The van der Waals surface area contributed by atoms with E-state index in [1.54, 1.807) is 6.92 Å². The molecule has 0 N–H and O–H groups in total. The molecule has 6 heteroatoms. The zero-order valence-electron chi connectivity index (χ0n) is 6.14. The van der Waals surface area contributed by atoms with Crippen LogP contribution in [0.2, 0.25) is 0 Å². The zero-order valence-corrected chi connectivity index (χ0v) is 6.14. The molecule has 0 amide bonds. The second-order valence-electron chi connectivity index (χ2n) is 1.81. The van der Waals surface area contributed by atoms with Crippen molar-refractivity contribution in [3.05, 3.63) is 6.61 Å². The van der Waals surface area contributed by atoms with Crippen LogP contribution in [-0.2, 0) is 14.3 Å². The maximum atomic E-state index is 11.5. The van der Waals surface area contributed by atoms with Gasteiger partial charge in [-0.2, -0.15) is 13.2 Å². The van der Waals surface area contributed by atoms with Crippen LogP contribution in [0.1, 0.15) is 13.3 Å². The molecular formula is C6H6F3O3. The number of ether oxygens (including phenoxy) is 1. The largest absolute Gasteiger partial charge is 0.461 e. The van der Waals surface area contributed by atoms with Crippen molar-refractivity contribution >= 4 is 11.8 Å². The highest BCUT2D eigenvalue weighted by atomic mass is 19.4. The summed E-state index contributed by atoms with van der Waals surface area (Å²) < 4.78 is 38.2. The van der Waals surface area contributed by atoms with E-state index in [4.69, 9.17) is 0 Å². The lowest BCUT2D eigenvalue weighted by Crippen LogP contribution is -2.31. The van der Waals surface area contributed by atoms with Gasteiger partial charge < -0.3 is 4.74 Å². The summed E-state index contributed by atoms with van der Waals surface area (Å²) in [5, 5.41) is 0. The number of alkyl halides is 3. The van der Waals surface area contributed by atoms with E-state index in [9.17, 15) is 22.8 Å². The van der Waals surface area contributed by atoms with E-state index >= 15 is 0 Å². The normalized spacial score (nSPS) is 11.0. The van der Waals surface area contributed by atoms with E-state index < -0.39 is 17.9 Å². The maximum absolute atomic E-state index is 11.5. The Morgan fingerprint density at radius 2 is 1.92 bits per heavy atom. The molecule has 3 nitrogen and oxygen atoms in total. The van der Waals surface area contributed by atoms with Gasteiger partial charge in [0, 0.05) is 0 Å². The summed E-state index contributed by atoms with van der Waals surface area (Å²) in [6.45, 7) is 2.37. The van der Waals surface area contributed by atoms with Gasteiger partial charge in [-0.3, -0.25) is 4.79 Å². The highest BCUT2D eigenvalue weighted by Crippen LogP contribution is 2.16. The first kappa shape index (κ1) is 10.9. The van der Waals surface area contributed by atoms with Crippen LogP contribution >= 0.6 is 0 Å². The minimum atomic E-state index is -5.15. The SMILES string of the molecule is CC[CH]OC(=O)C(=O)C(F)(F)F. The van der Waals surface area contributed by atoms with E-state index in [1.165, 1.54) is 0 Å². The first-order valence-corrected chi connectivity index (χ1v) is 3.03. The molecule has 0 aromatic rings. The number of halogens is 3. The topological polar surface area (TPSA) is 43.4 Å². The van der Waals surface area contributed by atoms with Gasteiger partial charge in [0.15, 0.2) is 0 Å². The Morgan fingerprint density at radius 1 is 1.42 bits per heavy atom. The predicted molar refractivity (Wildman–Crippen MR) is 31.7 cm³/mol. The molecule has 69 valence electrons. The Bertz CT molecular complexity index is 185. The summed E-state index contributed by atoms with van der Waals surface area (Å²) in [5.74, 6) is -4.39. The number of hydrogen-bond donors (Lipinski definition) is 0. The minimum absolute atomic E-state index is 0.247. The van der Waals surface area contributed by atoms with E-state index in [1.807, 2.05) is 0 Å². The van der Waals surface area contributed by atoms with Gasteiger partial charge in [0.25, 0.3) is 0 Å². The van der Waals surface area contributed by atoms with Gasteiger partial charge in [0.2, 0.25) is 0 Å². The molecule has 0 spiro atoms. The number of ketones is 1. The first-order valence-electron chi connectivity index (χ1n) is 3.03. The molecule has 1 radical (unpaired) electrons. The fourth-order valence-electron chi connectivity index (χ4n) is 0.328. The van der Waals surface area contributed by atoms with Crippen molar-refractivity contribution in [2.24, 2.45) is 0 Å². The molecule has 0 saturated heterocycles. The number of carbonyl (C=O) groups is 2. The van der Waals surface area contributed by atoms with E-state index in [2.05, 4.69) is 4.74 Å². The Balaban J connectivity index is 4.04. The van der Waals surface area contributed by atoms with Gasteiger partial charge in [-0.15, -0.1) is 0 Å². The van der Waals surface area contributed by atoms with Gasteiger partial charge in [-0.05, 0) is 6.42 Å². The van der Waals surface area contributed by atoms with Crippen molar-refractivity contribution in [1.82, 2.24) is 0 Å². The molecule has 0 aliphatic heterocycles. The molecule has 0 unspecified atom stereocenters. The second-order valence-corrected chi connectivity index (χ2v) is 1.81. The summed E-state index contributed by atoms with van der Waals surface area (Å²) in [5.41, 5.74) is 0. The van der Waals surface area contributed by atoms with Crippen LogP contribution in [0.15, 0.2) is 0 Å². The van der Waals surface area contributed by atoms with Crippen molar-refractivity contribution in [3.8, 4) is 0 Å². The first-order chi connectivity index (χ1) is 5.39. The standard InChI is InChI=1S/C6H6F3O3/c1-2-3-12-5(11)4(10)6(7,8)9/h3H,2H2,1H3. The summed E-state index contributed by atoms with van der Waals surface area (Å²) in [6, 6.07) is 0. The summed E-state index contributed by atoms with van der Waals surface area (Å²) in [6.07, 6.45) is -4.91. The molecular weight excluding hydrogens is 177 g/mol. The van der Waals surface area contributed by atoms with Crippen molar-refractivity contribution < 1.29 is 27.5 Å². The molecule has 12 heavy (non-hydrogen) atoms. The van der Waals surface area contributed by atoms with Crippen LogP contribution < -0.4 is 0 Å². The zero-order chi connectivity index (χ0) is 9.78. The van der Waals surface area contributed by atoms with Crippen LogP contribution in [-0.4, -0.2) is 17.9 Å². The number of carbonyl (C=O) groups excluding carboxylic acids is 2. The molecule has 0 aromatic carbocycles. The fourth-order valence-corrected chi connectivity index (χ4v) is 0.328. The molecule has 0 atom stereocenters. The van der Waals surface area contributed by atoms with Crippen LogP contribution in [0.25, 0.3) is 0 Å². The molecule has 0 rings (SSSR count). The molecule has 0 heterocycles. The Kier molecular flexibility index (Phi) is 3.72. The van der Waals surface area contributed by atoms with Crippen molar-refractivity contribution in [2.45, 2.75) is 19.5 Å². The van der Waals surface area contributed by atoms with E-state index in [0.717, 1.165) is 6.61 Å². The Morgan fingerprint density at radius 3 is 2.25 bits per heavy atom. The lowest BCUT2D eigenvalue weighted by atomic mass is 10.4. The van der Waals surface area contributed by atoms with Crippen LogP contribution in [0.5, 0.6) is 0 Å².